The lowest BCUT2D eigenvalue weighted by Crippen LogP contribution is -2.20. The molecular weight excluding hydrogens is 176 g/mol. The summed E-state index contributed by atoms with van der Waals surface area (Å²) in [6.07, 6.45) is 6.11. The van der Waals surface area contributed by atoms with Gasteiger partial charge in [0.25, 0.3) is 0 Å². The summed E-state index contributed by atoms with van der Waals surface area (Å²) in [4.78, 5) is 0. The SMILES string of the molecule is CCCCC(CC)COC1(CC)CO1. The molecule has 14 heavy (non-hydrogen) atoms. The van der Waals surface area contributed by atoms with Gasteiger partial charge in [-0.05, 0) is 12.3 Å². The fraction of sp³-hybridized carbons (Fsp3) is 1.00. The van der Waals surface area contributed by atoms with Crippen LogP contribution in [0.3, 0.4) is 0 Å². The molecule has 0 aromatic rings. The molecule has 0 aliphatic carbocycles. The van der Waals surface area contributed by atoms with Crippen molar-refractivity contribution >= 4 is 0 Å². The number of rotatable bonds is 8. The summed E-state index contributed by atoms with van der Waals surface area (Å²) in [7, 11) is 0. The molecule has 0 aromatic heterocycles. The largest absolute Gasteiger partial charge is 0.347 e. The first-order valence-corrected chi connectivity index (χ1v) is 6.04. The maximum absolute atomic E-state index is 5.82. The van der Waals surface area contributed by atoms with Crippen molar-refractivity contribution in [3.05, 3.63) is 0 Å². The Labute approximate surface area is 88.0 Å². The molecule has 1 saturated heterocycles. The Morgan fingerprint density at radius 3 is 2.50 bits per heavy atom. The van der Waals surface area contributed by atoms with Crippen molar-refractivity contribution in [2.75, 3.05) is 13.2 Å². The monoisotopic (exact) mass is 200 g/mol. The van der Waals surface area contributed by atoms with Crippen molar-refractivity contribution in [2.45, 2.75) is 58.7 Å². The highest BCUT2D eigenvalue weighted by atomic mass is 16.8. The van der Waals surface area contributed by atoms with E-state index in [1.54, 1.807) is 0 Å². The first-order chi connectivity index (χ1) is 6.76. The van der Waals surface area contributed by atoms with Gasteiger partial charge in [-0.1, -0.05) is 40.0 Å². The van der Waals surface area contributed by atoms with Crippen molar-refractivity contribution in [2.24, 2.45) is 5.92 Å². The first-order valence-electron chi connectivity index (χ1n) is 6.04. The van der Waals surface area contributed by atoms with Crippen LogP contribution in [0, 0.1) is 5.92 Å². The molecule has 0 amide bonds. The zero-order valence-electron chi connectivity index (χ0n) is 9.84. The van der Waals surface area contributed by atoms with Gasteiger partial charge in [0.05, 0.1) is 6.61 Å². The molecule has 2 unspecified atom stereocenters. The van der Waals surface area contributed by atoms with E-state index in [0.717, 1.165) is 25.6 Å². The maximum Gasteiger partial charge on any atom is 0.191 e. The smallest absolute Gasteiger partial charge is 0.191 e. The highest BCUT2D eigenvalue weighted by Gasteiger charge is 2.44. The van der Waals surface area contributed by atoms with Crippen LogP contribution in [0.4, 0.5) is 0 Å². The van der Waals surface area contributed by atoms with E-state index in [9.17, 15) is 0 Å². The molecule has 2 atom stereocenters. The highest BCUT2D eigenvalue weighted by molar-refractivity contribution is 4.80. The second kappa shape index (κ2) is 5.72. The van der Waals surface area contributed by atoms with Gasteiger partial charge in [-0.3, -0.25) is 0 Å². The van der Waals surface area contributed by atoms with Gasteiger partial charge in [-0.25, -0.2) is 0 Å². The van der Waals surface area contributed by atoms with Gasteiger partial charge in [-0.2, -0.15) is 0 Å². The van der Waals surface area contributed by atoms with E-state index in [-0.39, 0.29) is 5.79 Å². The molecular formula is C12H24O2. The van der Waals surface area contributed by atoms with Crippen LogP contribution in [0.5, 0.6) is 0 Å². The van der Waals surface area contributed by atoms with E-state index in [0.29, 0.717) is 0 Å². The number of unbranched alkanes of at least 4 members (excludes halogenated alkanes) is 1. The zero-order valence-corrected chi connectivity index (χ0v) is 9.84. The first kappa shape index (κ1) is 12.0. The number of epoxide rings is 1. The van der Waals surface area contributed by atoms with Crippen molar-refractivity contribution in [3.8, 4) is 0 Å². The van der Waals surface area contributed by atoms with Crippen LogP contribution < -0.4 is 0 Å². The summed E-state index contributed by atoms with van der Waals surface area (Å²) in [6.45, 7) is 8.29. The zero-order chi connectivity index (χ0) is 10.4. The van der Waals surface area contributed by atoms with E-state index in [4.69, 9.17) is 9.47 Å². The minimum atomic E-state index is -0.181. The average Bonchev–Trinajstić information content (AvgIpc) is 2.99. The molecule has 0 spiro atoms. The fourth-order valence-corrected chi connectivity index (χ4v) is 1.64. The molecule has 2 heteroatoms. The Bertz CT molecular complexity index is 152. The summed E-state index contributed by atoms with van der Waals surface area (Å²) in [5.74, 6) is 0.544. The summed E-state index contributed by atoms with van der Waals surface area (Å²) in [6, 6.07) is 0. The van der Waals surface area contributed by atoms with Gasteiger partial charge < -0.3 is 9.47 Å². The molecule has 0 N–H and O–H groups in total. The van der Waals surface area contributed by atoms with Gasteiger partial charge in [0.1, 0.15) is 6.61 Å². The predicted molar refractivity (Wildman–Crippen MR) is 58.2 cm³/mol. The lowest BCUT2D eigenvalue weighted by Gasteiger charge is -2.17. The van der Waals surface area contributed by atoms with Crippen molar-refractivity contribution in [1.29, 1.82) is 0 Å². The Morgan fingerprint density at radius 1 is 1.36 bits per heavy atom. The van der Waals surface area contributed by atoms with Gasteiger partial charge in [0.15, 0.2) is 5.79 Å². The fourth-order valence-electron chi connectivity index (χ4n) is 1.64. The molecule has 0 bridgehead atoms. The van der Waals surface area contributed by atoms with E-state index in [1.165, 1.54) is 25.7 Å². The molecule has 0 saturated carbocycles. The molecule has 1 aliphatic heterocycles. The molecule has 1 heterocycles. The maximum atomic E-state index is 5.82. The van der Waals surface area contributed by atoms with Crippen LogP contribution in [0.25, 0.3) is 0 Å². The third kappa shape index (κ3) is 3.58. The van der Waals surface area contributed by atoms with Crippen LogP contribution in [-0.4, -0.2) is 19.0 Å². The number of hydrogen-bond acceptors (Lipinski definition) is 2. The van der Waals surface area contributed by atoms with Crippen LogP contribution in [-0.2, 0) is 9.47 Å². The summed E-state index contributed by atoms with van der Waals surface area (Å²) < 4.78 is 11.1. The van der Waals surface area contributed by atoms with Gasteiger partial charge >= 0.3 is 0 Å². The summed E-state index contributed by atoms with van der Waals surface area (Å²) in [5, 5.41) is 0. The molecule has 2 nitrogen and oxygen atoms in total. The minimum absolute atomic E-state index is 0.181. The van der Waals surface area contributed by atoms with Crippen LogP contribution in [0.15, 0.2) is 0 Å². The lowest BCUT2D eigenvalue weighted by atomic mass is 10.0. The van der Waals surface area contributed by atoms with Crippen LogP contribution >= 0.6 is 0 Å². The molecule has 0 radical (unpaired) electrons. The molecule has 1 aliphatic rings. The van der Waals surface area contributed by atoms with Gasteiger partial charge in [0.2, 0.25) is 0 Å². The minimum Gasteiger partial charge on any atom is -0.347 e. The molecule has 1 fully saturated rings. The van der Waals surface area contributed by atoms with Crippen LogP contribution in [0.2, 0.25) is 0 Å². The number of hydrogen-bond donors (Lipinski definition) is 0. The second-order valence-electron chi connectivity index (χ2n) is 4.28. The standard InChI is InChI=1S/C12H24O2/c1-4-7-8-11(5-2)9-13-12(6-3)10-14-12/h11H,4-10H2,1-3H3. The predicted octanol–water partition coefficient (Wildman–Crippen LogP) is 3.36. The second-order valence-corrected chi connectivity index (χ2v) is 4.28. The Kier molecular flexibility index (Phi) is 4.90. The Hall–Kier alpha value is -0.0800. The summed E-state index contributed by atoms with van der Waals surface area (Å²) in [5.41, 5.74) is 0. The van der Waals surface area contributed by atoms with Crippen molar-refractivity contribution in [1.82, 2.24) is 0 Å². The summed E-state index contributed by atoms with van der Waals surface area (Å²) >= 11 is 0. The topological polar surface area (TPSA) is 21.8 Å². The van der Waals surface area contributed by atoms with Gasteiger partial charge in [-0.15, -0.1) is 0 Å². The van der Waals surface area contributed by atoms with Crippen LogP contribution in [0.1, 0.15) is 52.9 Å². The van der Waals surface area contributed by atoms with E-state index >= 15 is 0 Å². The normalized spacial score (nSPS) is 27.6. The molecule has 1 rings (SSSR count). The molecule has 0 aromatic carbocycles. The molecule has 84 valence electrons. The van der Waals surface area contributed by atoms with Gasteiger partial charge in [0, 0.05) is 6.42 Å². The highest BCUT2D eigenvalue weighted by Crippen LogP contribution is 2.33. The van der Waals surface area contributed by atoms with E-state index < -0.39 is 0 Å². The third-order valence-electron chi connectivity index (χ3n) is 3.13. The average molecular weight is 200 g/mol. The number of ether oxygens (including phenoxy) is 2. The third-order valence-corrected chi connectivity index (χ3v) is 3.13. The quantitative estimate of drug-likeness (QED) is 0.560. The lowest BCUT2D eigenvalue weighted by molar-refractivity contribution is -0.0616. The van der Waals surface area contributed by atoms with Crippen molar-refractivity contribution < 1.29 is 9.47 Å². The van der Waals surface area contributed by atoms with E-state index in [1.807, 2.05) is 0 Å². The Morgan fingerprint density at radius 2 is 2.07 bits per heavy atom. The van der Waals surface area contributed by atoms with E-state index in [2.05, 4.69) is 20.8 Å². The Balaban J connectivity index is 2.13. The van der Waals surface area contributed by atoms with Crippen molar-refractivity contribution in [3.63, 3.8) is 0 Å².